The zero-order valence-corrected chi connectivity index (χ0v) is 11.2. The van der Waals surface area contributed by atoms with E-state index in [0.717, 1.165) is 15.9 Å². The van der Waals surface area contributed by atoms with Gasteiger partial charge in [0.15, 0.2) is 5.15 Å². The normalized spacial score (nSPS) is 10.8. The highest BCUT2D eigenvalue weighted by atomic mass is 35.5. The Labute approximate surface area is 118 Å². The Kier molecular flexibility index (Phi) is 3.18. The molecule has 0 saturated carbocycles. The minimum Gasteiger partial charge on any atom is -0.394 e. The maximum Gasteiger partial charge on any atom is 0.156 e. The van der Waals surface area contributed by atoms with Crippen molar-refractivity contribution in [2.45, 2.75) is 10.1 Å². The summed E-state index contributed by atoms with van der Waals surface area (Å²) < 4.78 is 0. The molecule has 0 atom stereocenters. The SMILES string of the molecule is Nc1c(Cl)ncnc1Sc1ncnc2ccccc12. The van der Waals surface area contributed by atoms with Crippen molar-refractivity contribution >= 4 is 40.0 Å². The van der Waals surface area contributed by atoms with E-state index >= 15 is 0 Å². The maximum absolute atomic E-state index is 5.88. The molecule has 0 amide bonds. The van der Waals surface area contributed by atoms with Gasteiger partial charge in [-0.05, 0) is 17.8 Å². The predicted molar refractivity (Wildman–Crippen MR) is 75.1 cm³/mol. The quantitative estimate of drug-likeness (QED) is 0.731. The summed E-state index contributed by atoms with van der Waals surface area (Å²) in [5.41, 5.74) is 7.09. The second-order valence-electron chi connectivity index (χ2n) is 3.68. The number of nitrogens with two attached hydrogens (primary N) is 1. The fourth-order valence-corrected chi connectivity index (χ4v) is 2.65. The zero-order chi connectivity index (χ0) is 13.2. The molecule has 3 aromatic rings. The third-order valence-electron chi connectivity index (χ3n) is 2.50. The number of anilines is 1. The van der Waals surface area contributed by atoms with E-state index in [0.29, 0.717) is 10.7 Å². The molecule has 94 valence electrons. The molecule has 0 unspecified atom stereocenters. The number of para-hydroxylation sites is 1. The predicted octanol–water partition coefficient (Wildman–Crippen LogP) is 2.81. The summed E-state index contributed by atoms with van der Waals surface area (Å²) >= 11 is 7.22. The van der Waals surface area contributed by atoms with Gasteiger partial charge in [-0.1, -0.05) is 29.8 Å². The molecular weight excluding hydrogens is 282 g/mol. The number of rotatable bonds is 2. The van der Waals surface area contributed by atoms with Crippen molar-refractivity contribution in [3.05, 3.63) is 42.1 Å². The molecule has 3 rings (SSSR count). The Bertz CT molecular complexity index is 744. The van der Waals surface area contributed by atoms with Crippen LogP contribution >= 0.6 is 23.4 Å². The van der Waals surface area contributed by atoms with Crippen molar-refractivity contribution in [1.82, 2.24) is 19.9 Å². The maximum atomic E-state index is 5.88. The Hall–Kier alpha value is -1.92. The number of fused-ring (bicyclic) bond motifs is 1. The van der Waals surface area contributed by atoms with Crippen LogP contribution in [-0.2, 0) is 0 Å². The molecular formula is C12H8ClN5S. The lowest BCUT2D eigenvalue weighted by Crippen LogP contribution is -1.96. The number of benzene rings is 1. The van der Waals surface area contributed by atoms with Crippen LogP contribution in [0.4, 0.5) is 5.69 Å². The van der Waals surface area contributed by atoms with E-state index in [2.05, 4.69) is 19.9 Å². The zero-order valence-electron chi connectivity index (χ0n) is 9.62. The van der Waals surface area contributed by atoms with Crippen molar-refractivity contribution in [2.75, 3.05) is 5.73 Å². The summed E-state index contributed by atoms with van der Waals surface area (Å²) in [5.74, 6) is 0. The molecule has 5 nitrogen and oxygen atoms in total. The molecule has 0 aliphatic rings. The van der Waals surface area contributed by atoms with Crippen LogP contribution < -0.4 is 5.73 Å². The van der Waals surface area contributed by atoms with E-state index in [-0.39, 0.29) is 5.15 Å². The second kappa shape index (κ2) is 4.99. The smallest absolute Gasteiger partial charge is 0.156 e. The highest BCUT2D eigenvalue weighted by molar-refractivity contribution is 7.99. The van der Waals surface area contributed by atoms with Crippen LogP contribution in [0.5, 0.6) is 0 Å². The first-order valence-electron chi connectivity index (χ1n) is 5.39. The van der Waals surface area contributed by atoms with Crippen molar-refractivity contribution in [2.24, 2.45) is 0 Å². The molecule has 2 N–H and O–H groups in total. The standard InChI is InChI=1S/C12H8ClN5S/c13-10-9(14)12(18-6-16-10)19-11-7-3-1-2-4-8(7)15-5-17-11/h1-6H,14H2. The lowest BCUT2D eigenvalue weighted by molar-refractivity contribution is 1.04. The summed E-state index contributed by atoms with van der Waals surface area (Å²) in [6, 6.07) is 7.75. The molecule has 0 radical (unpaired) electrons. The molecule has 1 aromatic carbocycles. The summed E-state index contributed by atoms with van der Waals surface area (Å²) in [5, 5.41) is 2.57. The van der Waals surface area contributed by atoms with Gasteiger partial charge in [-0.25, -0.2) is 19.9 Å². The summed E-state index contributed by atoms with van der Waals surface area (Å²) in [7, 11) is 0. The fraction of sp³-hybridized carbons (Fsp3) is 0. The van der Waals surface area contributed by atoms with E-state index in [9.17, 15) is 0 Å². The molecule has 0 aliphatic carbocycles. The fourth-order valence-electron chi connectivity index (χ4n) is 1.59. The molecule has 0 fully saturated rings. The number of nitrogens with zero attached hydrogens (tertiary/aromatic N) is 4. The first-order valence-corrected chi connectivity index (χ1v) is 6.58. The molecule has 19 heavy (non-hydrogen) atoms. The van der Waals surface area contributed by atoms with E-state index in [1.54, 1.807) is 0 Å². The molecule has 2 heterocycles. The minimum absolute atomic E-state index is 0.246. The van der Waals surface area contributed by atoms with Crippen LogP contribution in [0.3, 0.4) is 0 Å². The van der Waals surface area contributed by atoms with Crippen LogP contribution in [0.25, 0.3) is 10.9 Å². The number of hydrogen-bond acceptors (Lipinski definition) is 6. The van der Waals surface area contributed by atoms with Gasteiger partial charge in [0, 0.05) is 5.39 Å². The highest BCUT2D eigenvalue weighted by Gasteiger charge is 2.11. The van der Waals surface area contributed by atoms with Gasteiger partial charge in [0.2, 0.25) is 0 Å². The summed E-state index contributed by atoms with van der Waals surface area (Å²) in [6.45, 7) is 0. The van der Waals surface area contributed by atoms with Crippen molar-refractivity contribution in [1.29, 1.82) is 0 Å². The summed E-state index contributed by atoms with van der Waals surface area (Å²) in [6.07, 6.45) is 2.90. The largest absolute Gasteiger partial charge is 0.394 e. The first kappa shape index (κ1) is 12.1. The third kappa shape index (κ3) is 2.32. The van der Waals surface area contributed by atoms with Gasteiger partial charge >= 0.3 is 0 Å². The lowest BCUT2D eigenvalue weighted by atomic mass is 10.2. The van der Waals surface area contributed by atoms with E-state index in [1.807, 2.05) is 24.3 Å². The number of nitrogen functional groups attached to an aromatic ring is 1. The van der Waals surface area contributed by atoms with Crippen LogP contribution in [-0.4, -0.2) is 19.9 Å². The van der Waals surface area contributed by atoms with Crippen molar-refractivity contribution < 1.29 is 0 Å². The number of halogens is 1. The van der Waals surface area contributed by atoms with Gasteiger partial charge in [0.05, 0.1) is 5.52 Å². The summed E-state index contributed by atoms with van der Waals surface area (Å²) in [4.78, 5) is 16.4. The van der Waals surface area contributed by atoms with Gasteiger partial charge in [-0.3, -0.25) is 0 Å². The average molecular weight is 290 g/mol. The Morgan fingerprint density at radius 1 is 0.947 bits per heavy atom. The van der Waals surface area contributed by atoms with E-state index in [4.69, 9.17) is 17.3 Å². The Balaban J connectivity index is 2.09. The van der Waals surface area contributed by atoms with E-state index in [1.165, 1.54) is 24.4 Å². The van der Waals surface area contributed by atoms with Crippen LogP contribution in [0, 0.1) is 0 Å². The molecule has 0 spiro atoms. The third-order valence-corrected chi connectivity index (χ3v) is 3.84. The van der Waals surface area contributed by atoms with E-state index < -0.39 is 0 Å². The van der Waals surface area contributed by atoms with Crippen LogP contribution in [0.15, 0.2) is 47.0 Å². The van der Waals surface area contributed by atoms with Crippen molar-refractivity contribution in [3.63, 3.8) is 0 Å². The first-order chi connectivity index (χ1) is 9.25. The number of hydrogen-bond donors (Lipinski definition) is 1. The topological polar surface area (TPSA) is 77.6 Å². The molecule has 0 aliphatic heterocycles. The average Bonchev–Trinajstić information content (AvgIpc) is 2.44. The second-order valence-corrected chi connectivity index (χ2v) is 5.02. The van der Waals surface area contributed by atoms with Crippen LogP contribution in [0.2, 0.25) is 5.15 Å². The Morgan fingerprint density at radius 2 is 1.68 bits per heavy atom. The highest BCUT2D eigenvalue weighted by Crippen LogP contribution is 2.34. The van der Waals surface area contributed by atoms with Gasteiger partial charge in [0.1, 0.15) is 28.4 Å². The van der Waals surface area contributed by atoms with Gasteiger partial charge < -0.3 is 5.73 Å². The van der Waals surface area contributed by atoms with Gasteiger partial charge in [0.25, 0.3) is 0 Å². The molecule has 0 saturated heterocycles. The van der Waals surface area contributed by atoms with Crippen LogP contribution in [0.1, 0.15) is 0 Å². The Morgan fingerprint density at radius 3 is 2.58 bits per heavy atom. The minimum atomic E-state index is 0.246. The monoisotopic (exact) mass is 289 g/mol. The molecule has 7 heteroatoms. The van der Waals surface area contributed by atoms with Gasteiger partial charge in [-0.2, -0.15) is 0 Å². The number of aromatic nitrogens is 4. The van der Waals surface area contributed by atoms with Crippen molar-refractivity contribution in [3.8, 4) is 0 Å². The lowest BCUT2D eigenvalue weighted by Gasteiger charge is -2.06. The molecule has 0 bridgehead atoms. The molecule has 2 aromatic heterocycles. The van der Waals surface area contributed by atoms with Gasteiger partial charge in [-0.15, -0.1) is 0 Å².